The second kappa shape index (κ2) is 9.50. The quantitative estimate of drug-likeness (QED) is 0.787. The number of thiazole rings is 1. The molecule has 0 bridgehead atoms. The minimum Gasteiger partial charge on any atom is -0.336 e. The molecule has 1 aromatic heterocycles. The van der Waals surface area contributed by atoms with E-state index in [2.05, 4.69) is 20.6 Å². The van der Waals surface area contributed by atoms with Crippen LogP contribution in [0.4, 0.5) is 5.69 Å². The molecule has 156 valence electrons. The Labute approximate surface area is 176 Å². The Morgan fingerprint density at radius 2 is 1.97 bits per heavy atom. The maximum Gasteiger partial charge on any atom is 0.243 e. The Kier molecular flexibility index (Phi) is 7.03. The van der Waals surface area contributed by atoms with Crippen molar-refractivity contribution in [3.05, 3.63) is 45.4 Å². The summed E-state index contributed by atoms with van der Waals surface area (Å²) < 4.78 is 0. The normalized spacial score (nSPS) is 15.3. The average molecular weight is 415 g/mol. The summed E-state index contributed by atoms with van der Waals surface area (Å²) >= 11 is 1.67. The highest BCUT2D eigenvalue weighted by Crippen LogP contribution is 2.22. The molecule has 0 atom stereocenters. The Bertz CT molecular complexity index is 871. The molecule has 6 nitrogen and oxygen atoms in total. The van der Waals surface area contributed by atoms with Crippen LogP contribution in [0.5, 0.6) is 0 Å². The zero-order chi connectivity index (χ0) is 21.0. The van der Waals surface area contributed by atoms with Gasteiger partial charge in [0.1, 0.15) is 0 Å². The van der Waals surface area contributed by atoms with Crippen molar-refractivity contribution in [2.45, 2.75) is 40.2 Å². The zero-order valence-electron chi connectivity index (χ0n) is 17.7. The molecule has 1 aromatic carbocycles. The lowest BCUT2D eigenvalue weighted by atomic mass is 9.95. The predicted octanol–water partition coefficient (Wildman–Crippen LogP) is 3.38. The molecule has 1 fully saturated rings. The van der Waals surface area contributed by atoms with Gasteiger partial charge in [-0.1, -0.05) is 12.1 Å². The van der Waals surface area contributed by atoms with Crippen LogP contribution in [0.2, 0.25) is 0 Å². The molecule has 1 aliphatic rings. The molecule has 0 unspecified atom stereocenters. The van der Waals surface area contributed by atoms with E-state index in [-0.39, 0.29) is 24.3 Å². The molecule has 29 heavy (non-hydrogen) atoms. The highest BCUT2D eigenvalue weighted by atomic mass is 32.1. The number of amides is 2. The molecule has 0 radical (unpaired) electrons. The maximum absolute atomic E-state index is 12.8. The summed E-state index contributed by atoms with van der Waals surface area (Å²) in [5.74, 6) is -0.113. The monoisotopic (exact) mass is 414 g/mol. The highest BCUT2D eigenvalue weighted by molar-refractivity contribution is 7.09. The topological polar surface area (TPSA) is 65.5 Å². The molecule has 2 amide bonds. The second-order valence-electron chi connectivity index (χ2n) is 7.90. The number of aromatic nitrogens is 1. The lowest BCUT2D eigenvalue weighted by molar-refractivity contribution is -0.138. The summed E-state index contributed by atoms with van der Waals surface area (Å²) in [4.78, 5) is 33.6. The lowest BCUT2D eigenvalue weighted by Crippen LogP contribution is -2.43. The molecule has 0 saturated carbocycles. The second-order valence-corrected chi connectivity index (χ2v) is 8.96. The molecular weight excluding hydrogens is 384 g/mol. The van der Waals surface area contributed by atoms with Gasteiger partial charge in [0, 0.05) is 30.6 Å². The minimum atomic E-state index is -0.161. The van der Waals surface area contributed by atoms with Gasteiger partial charge in [0.25, 0.3) is 0 Å². The van der Waals surface area contributed by atoms with Gasteiger partial charge in [0.15, 0.2) is 0 Å². The molecule has 7 heteroatoms. The van der Waals surface area contributed by atoms with E-state index in [4.69, 9.17) is 0 Å². The molecule has 1 saturated heterocycles. The van der Waals surface area contributed by atoms with Gasteiger partial charge in [-0.05, 0) is 63.9 Å². The Balaban J connectivity index is 1.46. The summed E-state index contributed by atoms with van der Waals surface area (Å²) in [5, 5.41) is 6.12. The number of hydrogen-bond acceptors (Lipinski definition) is 5. The summed E-state index contributed by atoms with van der Waals surface area (Å²) in [6.45, 7) is 8.71. The van der Waals surface area contributed by atoms with Crippen molar-refractivity contribution in [2.75, 3.05) is 32.0 Å². The third-order valence-corrected chi connectivity index (χ3v) is 6.45. The van der Waals surface area contributed by atoms with E-state index in [1.807, 2.05) is 39.0 Å². The number of nitrogens with zero attached hydrogens (tertiary/aromatic N) is 3. The van der Waals surface area contributed by atoms with E-state index in [1.165, 1.54) is 0 Å². The number of anilines is 1. The average Bonchev–Trinajstić information content (AvgIpc) is 3.10. The maximum atomic E-state index is 12.8. The lowest BCUT2D eigenvalue weighted by Gasteiger charge is -2.32. The van der Waals surface area contributed by atoms with Crippen LogP contribution < -0.4 is 5.32 Å². The van der Waals surface area contributed by atoms with Gasteiger partial charge in [-0.3, -0.25) is 14.5 Å². The van der Waals surface area contributed by atoms with Gasteiger partial charge >= 0.3 is 0 Å². The summed E-state index contributed by atoms with van der Waals surface area (Å²) in [6, 6.07) is 5.83. The first-order chi connectivity index (χ1) is 13.8. The first kappa shape index (κ1) is 21.5. The van der Waals surface area contributed by atoms with E-state index in [0.717, 1.165) is 60.0 Å². The van der Waals surface area contributed by atoms with Crippen LogP contribution in [0, 0.1) is 26.7 Å². The fourth-order valence-corrected chi connectivity index (χ4v) is 4.33. The van der Waals surface area contributed by atoms with E-state index in [1.54, 1.807) is 23.3 Å². The number of carbonyl (C=O) groups excluding carboxylic acids is 2. The molecule has 0 aliphatic carbocycles. The van der Waals surface area contributed by atoms with Crippen LogP contribution in [-0.2, 0) is 16.1 Å². The van der Waals surface area contributed by atoms with Crippen LogP contribution in [-0.4, -0.2) is 53.3 Å². The van der Waals surface area contributed by atoms with Crippen LogP contribution >= 0.6 is 11.3 Å². The van der Waals surface area contributed by atoms with E-state index < -0.39 is 0 Å². The van der Waals surface area contributed by atoms with E-state index in [0.29, 0.717) is 0 Å². The predicted molar refractivity (Wildman–Crippen MR) is 117 cm³/mol. The van der Waals surface area contributed by atoms with Crippen molar-refractivity contribution in [3.8, 4) is 0 Å². The number of rotatable bonds is 6. The van der Waals surface area contributed by atoms with Crippen molar-refractivity contribution in [3.63, 3.8) is 0 Å². The van der Waals surface area contributed by atoms with Crippen LogP contribution in [0.1, 0.15) is 34.7 Å². The zero-order valence-corrected chi connectivity index (χ0v) is 18.5. The number of likely N-dealkylation sites (N-methyl/N-ethyl adjacent to an activating group) is 1. The van der Waals surface area contributed by atoms with Gasteiger partial charge in [0.2, 0.25) is 11.8 Å². The largest absolute Gasteiger partial charge is 0.336 e. The molecule has 1 aliphatic heterocycles. The first-order valence-electron chi connectivity index (χ1n) is 10.1. The molecule has 1 N–H and O–H groups in total. The van der Waals surface area contributed by atoms with Gasteiger partial charge in [-0.25, -0.2) is 4.98 Å². The van der Waals surface area contributed by atoms with Gasteiger partial charge < -0.3 is 10.2 Å². The number of carbonyl (C=O) groups is 2. The smallest absolute Gasteiger partial charge is 0.243 e. The van der Waals surface area contributed by atoms with Gasteiger partial charge in [0.05, 0.1) is 17.2 Å². The number of nitrogens with one attached hydrogen (secondary N) is 1. The number of benzene rings is 1. The molecule has 3 rings (SSSR count). The van der Waals surface area contributed by atoms with Crippen molar-refractivity contribution in [1.29, 1.82) is 0 Å². The van der Waals surface area contributed by atoms with E-state index >= 15 is 0 Å². The van der Waals surface area contributed by atoms with Crippen LogP contribution in [0.15, 0.2) is 23.6 Å². The molecule has 2 aromatic rings. The number of aryl methyl sites for hydroxylation is 2. The first-order valence-corrected chi connectivity index (χ1v) is 11.0. The third kappa shape index (κ3) is 5.64. The number of piperidine rings is 1. The van der Waals surface area contributed by atoms with Crippen molar-refractivity contribution in [1.82, 2.24) is 14.8 Å². The molecule has 2 heterocycles. The summed E-state index contributed by atoms with van der Waals surface area (Å²) in [6.07, 6.45) is 1.65. The van der Waals surface area contributed by atoms with Crippen molar-refractivity contribution >= 4 is 28.8 Å². The van der Waals surface area contributed by atoms with Gasteiger partial charge in [-0.15, -0.1) is 11.3 Å². The Morgan fingerprint density at radius 3 is 2.62 bits per heavy atom. The molecular formula is C22H30N4O2S. The standard InChI is InChI=1S/C22H30N4O2S/c1-15-6-5-7-20(16(15)2)24-21(27)13-25(4)22(28)18-8-10-26(11-9-18)12-19-14-29-17(3)23-19/h5-7,14,18H,8-13H2,1-4H3,(H,24,27). The van der Waals surface area contributed by atoms with E-state index in [9.17, 15) is 9.59 Å². The van der Waals surface area contributed by atoms with Crippen LogP contribution in [0.25, 0.3) is 0 Å². The SMILES string of the molecule is Cc1nc(CN2CCC(C(=O)N(C)CC(=O)Nc3cccc(C)c3C)CC2)cs1. The van der Waals surface area contributed by atoms with Gasteiger partial charge in [-0.2, -0.15) is 0 Å². The number of hydrogen-bond donors (Lipinski definition) is 1. The minimum absolute atomic E-state index is 0.0121. The summed E-state index contributed by atoms with van der Waals surface area (Å²) in [7, 11) is 1.72. The van der Waals surface area contributed by atoms with Crippen molar-refractivity contribution < 1.29 is 9.59 Å². The third-order valence-electron chi connectivity index (χ3n) is 5.62. The highest BCUT2D eigenvalue weighted by Gasteiger charge is 2.28. The Morgan fingerprint density at radius 1 is 1.24 bits per heavy atom. The van der Waals surface area contributed by atoms with Crippen molar-refractivity contribution in [2.24, 2.45) is 5.92 Å². The summed E-state index contributed by atoms with van der Waals surface area (Å²) in [5.41, 5.74) is 4.10. The fourth-order valence-electron chi connectivity index (χ4n) is 3.73. The molecule has 0 spiro atoms. The fraction of sp³-hybridized carbons (Fsp3) is 0.500. The Hall–Kier alpha value is -2.25. The number of likely N-dealkylation sites (tertiary alicyclic amines) is 1. The van der Waals surface area contributed by atoms with Crippen LogP contribution in [0.3, 0.4) is 0 Å².